The lowest BCUT2D eigenvalue weighted by Gasteiger charge is -1.84. The maximum atomic E-state index is 9.94. The quantitative estimate of drug-likeness (QED) is 0.752. The third kappa shape index (κ3) is 1.95. The summed E-state index contributed by atoms with van der Waals surface area (Å²) >= 11 is 3.17. The lowest BCUT2D eigenvalue weighted by molar-refractivity contribution is -0.107. The van der Waals surface area contributed by atoms with Crippen molar-refractivity contribution >= 4 is 22.2 Å². The Balaban J connectivity index is 2.49. The number of hydrogen-bond donors (Lipinski definition) is 1. The summed E-state index contributed by atoms with van der Waals surface area (Å²) in [4.78, 5) is 16.9. The fraction of sp³-hybridized carbons (Fsp3) is 0.333. The Morgan fingerprint density at radius 3 is 3.10 bits per heavy atom. The summed E-state index contributed by atoms with van der Waals surface area (Å²) in [6.07, 6.45) is 3.93. The first kappa shape index (κ1) is 7.47. The molecule has 0 spiro atoms. The Morgan fingerprint density at radius 2 is 2.60 bits per heavy atom. The van der Waals surface area contributed by atoms with Crippen LogP contribution in [0, 0.1) is 0 Å². The van der Waals surface area contributed by atoms with Gasteiger partial charge >= 0.3 is 0 Å². The first-order valence-electron chi connectivity index (χ1n) is 2.96. The molecule has 0 aliphatic heterocycles. The van der Waals surface area contributed by atoms with E-state index >= 15 is 0 Å². The Morgan fingerprint density at radius 1 is 1.80 bits per heavy atom. The predicted molar refractivity (Wildman–Crippen MR) is 40.7 cm³/mol. The number of aryl methyl sites for hydroxylation is 1. The SMILES string of the molecule is O=CCCc1c[nH]c(Br)n1. The minimum absolute atomic E-state index is 0.539. The van der Waals surface area contributed by atoms with Crippen LogP contribution < -0.4 is 0 Å². The molecular weight excluding hydrogens is 196 g/mol. The molecule has 0 aliphatic rings. The van der Waals surface area contributed by atoms with Crippen LogP contribution in [-0.4, -0.2) is 16.3 Å². The van der Waals surface area contributed by atoms with Crippen molar-refractivity contribution in [1.29, 1.82) is 0 Å². The van der Waals surface area contributed by atoms with Crippen LogP contribution in [0.25, 0.3) is 0 Å². The third-order valence-electron chi connectivity index (χ3n) is 1.12. The number of rotatable bonds is 3. The van der Waals surface area contributed by atoms with Gasteiger partial charge in [-0.3, -0.25) is 0 Å². The predicted octanol–water partition coefficient (Wildman–Crippen LogP) is 1.30. The normalized spacial score (nSPS) is 9.70. The molecule has 10 heavy (non-hydrogen) atoms. The van der Waals surface area contributed by atoms with Gasteiger partial charge in [0.15, 0.2) is 4.73 Å². The maximum absolute atomic E-state index is 9.94. The zero-order valence-electron chi connectivity index (χ0n) is 5.30. The molecule has 0 saturated heterocycles. The van der Waals surface area contributed by atoms with Gasteiger partial charge in [0.2, 0.25) is 0 Å². The zero-order chi connectivity index (χ0) is 7.40. The van der Waals surface area contributed by atoms with Gasteiger partial charge in [-0.25, -0.2) is 4.98 Å². The molecule has 0 aliphatic carbocycles. The molecule has 0 atom stereocenters. The lowest BCUT2D eigenvalue weighted by Crippen LogP contribution is -1.84. The van der Waals surface area contributed by atoms with E-state index in [1.54, 1.807) is 6.20 Å². The number of H-pyrrole nitrogens is 1. The number of carbonyl (C=O) groups is 1. The van der Waals surface area contributed by atoms with Crippen LogP contribution in [0.15, 0.2) is 10.9 Å². The molecule has 0 unspecified atom stereocenters. The van der Waals surface area contributed by atoms with Crippen LogP contribution in [0.1, 0.15) is 12.1 Å². The molecule has 0 amide bonds. The van der Waals surface area contributed by atoms with Crippen LogP contribution in [0.2, 0.25) is 0 Å². The van der Waals surface area contributed by atoms with Crippen LogP contribution in [0.3, 0.4) is 0 Å². The van der Waals surface area contributed by atoms with E-state index < -0.39 is 0 Å². The van der Waals surface area contributed by atoms with Gasteiger partial charge < -0.3 is 9.78 Å². The summed E-state index contributed by atoms with van der Waals surface area (Å²) in [7, 11) is 0. The maximum Gasteiger partial charge on any atom is 0.174 e. The number of imidazole rings is 1. The Bertz CT molecular complexity index is 221. The topological polar surface area (TPSA) is 45.8 Å². The number of halogens is 1. The summed E-state index contributed by atoms with van der Waals surface area (Å²) < 4.78 is 0.716. The van der Waals surface area contributed by atoms with Crippen molar-refractivity contribution in [3.8, 4) is 0 Å². The van der Waals surface area contributed by atoms with E-state index in [-0.39, 0.29) is 0 Å². The first-order valence-corrected chi connectivity index (χ1v) is 3.75. The minimum atomic E-state index is 0.539. The average Bonchev–Trinajstić information content (AvgIpc) is 2.31. The highest BCUT2D eigenvalue weighted by atomic mass is 79.9. The van der Waals surface area contributed by atoms with Crippen molar-refractivity contribution < 1.29 is 4.79 Å². The molecule has 0 bridgehead atoms. The highest BCUT2D eigenvalue weighted by Crippen LogP contribution is 2.04. The van der Waals surface area contributed by atoms with Crippen molar-refractivity contribution in [2.45, 2.75) is 12.8 Å². The number of aromatic nitrogens is 2. The number of aromatic amines is 1. The fourth-order valence-electron chi connectivity index (χ4n) is 0.668. The number of carbonyl (C=O) groups excluding carboxylic acids is 1. The van der Waals surface area contributed by atoms with Crippen LogP contribution in [0.4, 0.5) is 0 Å². The first-order chi connectivity index (χ1) is 4.83. The highest BCUT2D eigenvalue weighted by molar-refractivity contribution is 9.10. The van der Waals surface area contributed by atoms with E-state index in [9.17, 15) is 4.79 Å². The third-order valence-corrected chi connectivity index (χ3v) is 1.52. The van der Waals surface area contributed by atoms with Crippen molar-refractivity contribution in [2.75, 3.05) is 0 Å². The second-order valence-electron chi connectivity index (χ2n) is 1.89. The minimum Gasteiger partial charge on any atom is -0.339 e. The molecule has 0 radical (unpaired) electrons. The van der Waals surface area contributed by atoms with Crippen molar-refractivity contribution in [3.05, 3.63) is 16.6 Å². The zero-order valence-corrected chi connectivity index (χ0v) is 6.89. The van der Waals surface area contributed by atoms with E-state index in [1.807, 2.05) is 0 Å². The number of nitrogens with zero attached hydrogens (tertiary/aromatic N) is 1. The van der Waals surface area contributed by atoms with E-state index in [4.69, 9.17) is 0 Å². The summed E-state index contributed by atoms with van der Waals surface area (Å²) in [5, 5.41) is 0. The Kier molecular flexibility index (Phi) is 2.62. The van der Waals surface area contributed by atoms with Crippen molar-refractivity contribution in [3.63, 3.8) is 0 Å². The number of aldehydes is 1. The van der Waals surface area contributed by atoms with E-state index in [2.05, 4.69) is 25.9 Å². The van der Waals surface area contributed by atoms with Gasteiger partial charge in [0, 0.05) is 12.6 Å². The van der Waals surface area contributed by atoms with Gasteiger partial charge in [-0.05, 0) is 22.4 Å². The Labute approximate surface area is 67.0 Å². The summed E-state index contributed by atoms with van der Waals surface area (Å²) in [5.41, 5.74) is 0.916. The summed E-state index contributed by atoms with van der Waals surface area (Å²) in [6, 6.07) is 0. The van der Waals surface area contributed by atoms with Gasteiger partial charge in [-0.15, -0.1) is 0 Å². The molecule has 54 valence electrons. The van der Waals surface area contributed by atoms with Crippen LogP contribution in [0.5, 0.6) is 0 Å². The van der Waals surface area contributed by atoms with Crippen LogP contribution in [-0.2, 0) is 11.2 Å². The van der Waals surface area contributed by atoms with Crippen molar-refractivity contribution in [1.82, 2.24) is 9.97 Å². The van der Waals surface area contributed by atoms with E-state index in [0.717, 1.165) is 12.0 Å². The van der Waals surface area contributed by atoms with Gasteiger partial charge in [0.1, 0.15) is 6.29 Å². The van der Waals surface area contributed by atoms with Gasteiger partial charge in [0.25, 0.3) is 0 Å². The summed E-state index contributed by atoms with van der Waals surface area (Å²) in [5.74, 6) is 0. The highest BCUT2D eigenvalue weighted by Gasteiger charge is 1.95. The smallest absolute Gasteiger partial charge is 0.174 e. The molecule has 0 aromatic carbocycles. The molecule has 1 rings (SSSR count). The van der Waals surface area contributed by atoms with Crippen molar-refractivity contribution in [2.24, 2.45) is 0 Å². The molecule has 0 fully saturated rings. The van der Waals surface area contributed by atoms with E-state index in [0.29, 0.717) is 17.6 Å². The molecule has 3 nitrogen and oxygen atoms in total. The molecule has 0 saturated carbocycles. The second-order valence-corrected chi connectivity index (χ2v) is 2.64. The van der Waals surface area contributed by atoms with E-state index in [1.165, 1.54) is 0 Å². The fourth-order valence-corrected chi connectivity index (χ4v) is 1.01. The molecular formula is C6H7BrN2O. The lowest BCUT2D eigenvalue weighted by atomic mass is 10.3. The number of nitrogens with one attached hydrogen (secondary N) is 1. The molecule has 4 heteroatoms. The Hall–Kier alpha value is -0.640. The second kappa shape index (κ2) is 3.51. The summed E-state index contributed by atoms with van der Waals surface area (Å²) in [6.45, 7) is 0. The number of hydrogen-bond acceptors (Lipinski definition) is 2. The largest absolute Gasteiger partial charge is 0.339 e. The molecule has 1 heterocycles. The molecule has 1 N–H and O–H groups in total. The standard InChI is InChI=1S/C6H7BrN2O/c7-6-8-4-5(9-6)2-1-3-10/h3-4H,1-2H2,(H,8,9). The van der Waals surface area contributed by atoms with Gasteiger partial charge in [-0.2, -0.15) is 0 Å². The van der Waals surface area contributed by atoms with Gasteiger partial charge in [0.05, 0.1) is 5.69 Å². The van der Waals surface area contributed by atoms with Crippen LogP contribution >= 0.6 is 15.9 Å². The monoisotopic (exact) mass is 202 g/mol. The van der Waals surface area contributed by atoms with Gasteiger partial charge in [-0.1, -0.05) is 0 Å². The molecule has 1 aromatic rings. The average molecular weight is 203 g/mol. The molecule has 1 aromatic heterocycles.